The number of ether oxygens (including phenoxy) is 2. The van der Waals surface area contributed by atoms with Crippen molar-refractivity contribution in [3.8, 4) is 0 Å². The summed E-state index contributed by atoms with van der Waals surface area (Å²) in [6.07, 6.45) is 7.37. The van der Waals surface area contributed by atoms with Crippen molar-refractivity contribution in [2.45, 2.75) is 71.2 Å². The van der Waals surface area contributed by atoms with Gasteiger partial charge in [0.1, 0.15) is 0 Å². The van der Waals surface area contributed by atoms with Crippen LogP contribution in [0.5, 0.6) is 0 Å². The molecule has 0 aromatic rings. The molecule has 1 saturated carbocycles. The van der Waals surface area contributed by atoms with Crippen molar-refractivity contribution in [2.75, 3.05) is 19.7 Å². The molecule has 4 unspecified atom stereocenters. The van der Waals surface area contributed by atoms with Crippen molar-refractivity contribution in [2.24, 2.45) is 11.8 Å². The Hall–Kier alpha value is -0.120. The molecule has 19 heavy (non-hydrogen) atoms. The van der Waals surface area contributed by atoms with Crippen LogP contribution < -0.4 is 5.32 Å². The van der Waals surface area contributed by atoms with Crippen LogP contribution >= 0.6 is 0 Å². The second kappa shape index (κ2) is 7.61. The summed E-state index contributed by atoms with van der Waals surface area (Å²) in [5.74, 6) is 1.64. The van der Waals surface area contributed by atoms with Gasteiger partial charge in [0.05, 0.1) is 24.9 Å². The summed E-state index contributed by atoms with van der Waals surface area (Å²) in [5, 5.41) is 3.36. The van der Waals surface area contributed by atoms with Gasteiger partial charge in [-0.25, -0.2) is 0 Å². The average Bonchev–Trinajstić information content (AvgIpc) is 2.81. The highest BCUT2D eigenvalue weighted by Crippen LogP contribution is 2.31. The van der Waals surface area contributed by atoms with Gasteiger partial charge in [-0.1, -0.05) is 20.8 Å². The van der Waals surface area contributed by atoms with Crippen molar-refractivity contribution in [1.29, 1.82) is 0 Å². The topological polar surface area (TPSA) is 30.5 Å². The van der Waals surface area contributed by atoms with Crippen LogP contribution in [-0.2, 0) is 9.47 Å². The molecule has 1 heterocycles. The quantitative estimate of drug-likeness (QED) is 0.804. The fourth-order valence-corrected chi connectivity index (χ4v) is 3.61. The first kappa shape index (κ1) is 15.3. The summed E-state index contributed by atoms with van der Waals surface area (Å²) in [6, 6.07) is 0. The zero-order chi connectivity index (χ0) is 13.7. The summed E-state index contributed by atoms with van der Waals surface area (Å²) in [7, 11) is 0. The molecule has 1 saturated heterocycles. The molecule has 0 radical (unpaired) electrons. The van der Waals surface area contributed by atoms with Crippen molar-refractivity contribution in [3.05, 3.63) is 0 Å². The minimum atomic E-state index is 0.330. The van der Waals surface area contributed by atoms with Crippen LogP contribution in [0.25, 0.3) is 0 Å². The second-order valence-electron chi connectivity index (χ2n) is 6.64. The first-order chi connectivity index (χ1) is 9.17. The van der Waals surface area contributed by atoms with E-state index in [4.69, 9.17) is 9.47 Å². The molecule has 4 atom stereocenters. The molecule has 2 fully saturated rings. The largest absolute Gasteiger partial charge is 0.376 e. The molecule has 3 heteroatoms. The number of likely N-dealkylation sites (N-methyl/N-ethyl adjacent to an activating group) is 1. The third-order valence-corrected chi connectivity index (χ3v) is 4.47. The Morgan fingerprint density at radius 2 is 1.74 bits per heavy atom. The lowest BCUT2D eigenvalue weighted by Crippen LogP contribution is -2.30. The van der Waals surface area contributed by atoms with Gasteiger partial charge in [-0.2, -0.15) is 0 Å². The molecular weight excluding hydrogens is 238 g/mol. The van der Waals surface area contributed by atoms with E-state index in [0.29, 0.717) is 18.3 Å². The summed E-state index contributed by atoms with van der Waals surface area (Å²) in [6.45, 7) is 9.66. The van der Waals surface area contributed by atoms with E-state index in [-0.39, 0.29) is 0 Å². The molecule has 0 amide bonds. The first-order valence-electron chi connectivity index (χ1n) is 8.15. The van der Waals surface area contributed by atoms with Gasteiger partial charge in [0, 0.05) is 6.54 Å². The molecule has 0 bridgehead atoms. The lowest BCUT2D eigenvalue weighted by molar-refractivity contribution is -0.0608. The molecule has 1 N–H and O–H groups in total. The lowest BCUT2D eigenvalue weighted by atomic mass is 9.82. The standard InChI is InChI=1S/C16H31NO2/c1-4-17-10-14-5-6-15(19-14)11-18-16-8-12(2)7-13(3)9-16/h12-17H,4-11H2,1-3H3. The highest BCUT2D eigenvalue weighted by atomic mass is 16.5. The normalized spacial score (nSPS) is 39.6. The van der Waals surface area contributed by atoms with Gasteiger partial charge in [0.25, 0.3) is 0 Å². The average molecular weight is 269 g/mol. The van der Waals surface area contributed by atoms with E-state index in [0.717, 1.165) is 38.0 Å². The molecule has 1 aliphatic heterocycles. The maximum atomic E-state index is 6.12. The zero-order valence-electron chi connectivity index (χ0n) is 12.9. The Balaban J connectivity index is 1.63. The van der Waals surface area contributed by atoms with E-state index >= 15 is 0 Å². The number of hydrogen-bond donors (Lipinski definition) is 1. The number of nitrogens with one attached hydrogen (secondary N) is 1. The van der Waals surface area contributed by atoms with Gasteiger partial charge in [-0.15, -0.1) is 0 Å². The Morgan fingerprint density at radius 3 is 2.42 bits per heavy atom. The molecule has 2 rings (SSSR count). The molecule has 3 nitrogen and oxygen atoms in total. The van der Waals surface area contributed by atoms with Crippen LogP contribution in [0.15, 0.2) is 0 Å². The third kappa shape index (κ3) is 5.05. The predicted molar refractivity (Wildman–Crippen MR) is 78.4 cm³/mol. The summed E-state index contributed by atoms with van der Waals surface area (Å²) in [5.41, 5.74) is 0. The molecule has 0 aromatic carbocycles. The van der Waals surface area contributed by atoms with E-state index in [2.05, 4.69) is 26.1 Å². The molecule has 112 valence electrons. The van der Waals surface area contributed by atoms with Crippen LogP contribution in [-0.4, -0.2) is 38.0 Å². The molecule has 1 aliphatic carbocycles. The van der Waals surface area contributed by atoms with Crippen molar-refractivity contribution in [3.63, 3.8) is 0 Å². The fourth-order valence-electron chi connectivity index (χ4n) is 3.61. The Kier molecular flexibility index (Phi) is 6.11. The number of hydrogen-bond acceptors (Lipinski definition) is 3. The van der Waals surface area contributed by atoms with Gasteiger partial charge in [0.2, 0.25) is 0 Å². The van der Waals surface area contributed by atoms with Gasteiger partial charge < -0.3 is 14.8 Å². The second-order valence-corrected chi connectivity index (χ2v) is 6.64. The van der Waals surface area contributed by atoms with E-state index < -0.39 is 0 Å². The maximum Gasteiger partial charge on any atom is 0.0814 e. The minimum Gasteiger partial charge on any atom is -0.376 e. The number of rotatable bonds is 6. The van der Waals surface area contributed by atoms with Crippen LogP contribution in [0.3, 0.4) is 0 Å². The fraction of sp³-hybridized carbons (Fsp3) is 1.00. The van der Waals surface area contributed by atoms with E-state index in [1.807, 2.05) is 0 Å². The van der Waals surface area contributed by atoms with Crippen molar-refractivity contribution < 1.29 is 9.47 Å². The van der Waals surface area contributed by atoms with Crippen LogP contribution in [0.1, 0.15) is 52.9 Å². The van der Waals surface area contributed by atoms with Crippen LogP contribution in [0, 0.1) is 11.8 Å². The first-order valence-corrected chi connectivity index (χ1v) is 8.15. The van der Waals surface area contributed by atoms with E-state index in [1.165, 1.54) is 25.7 Å². The van der Waals surface area contributed by atoms with Crippen LogP contribution in [0.4, 0.5) is 0 Å². The third-order valence-electron chi connectivity index (χ3n) is 4.47. The molecule has 2 aliphatic rings. The molecular formula is C16H31NO2. The summed E-state index contributed by atoms with van der Waals surface area (Å²) >= 11 is 0. The lowest BCUT2D eigenvalue weighted by Gasteiger charge is -2.32. The molecule has 0 aromatic heterocycles. The van der Waals surface area contributed by atoms with E-state index in [9.17, 15) is 0 Å². The van der Waals surface area contributed by atoms with Crippen LogP contribution in [0.2, 0.25) is 0 Å². The smallest absolute Gasteiger partial charge is 0.0814 e. The van der Waals surface area contributed by atoms with Gasteiger partial charge in [-0.3, -0.25) is 0 Å². The maximum absolute atomic E-state index is 6.12. The summed E-state index contributed by atoms with van der Waals surface area (Å²) in [4.78, 5) is 0. The highest BCUT2D eigenvalue weighted by Gasteiger charge is 2.28. The predicted octanol–water partition coefficient (Wildman–Crippen LogP) is 2.98. The van der Waals surface area contributed by atoms with Crippen molar-refractivity contribution >= 4 is 0 Å². The van der Waals surface area contributed by atoms with Crippen molar-refractivity contribution in [1.82, 2.24) is 5.32 Å². The van der Waals surface area contributed by atoms with Gasteiger partial charge >= 0.3 is 0 Å². The Morgan fingerprint density at radius 1 is 1.05 bits per heavy atom. The summed E-state index contributed by atoms with van der Waals surface area (Å²) < 4.78 is 12.1. The SMILES string of the molecule is CCNCC1CCC(COC2CC(C)CC(C)C2)O1. The zero-order valence-corrected chi connectivity index (χ0v) is 12.9. The highest BCUT2D eigenvalue weighted by molar-refractivity contribution is 4.78. The van der Waals surface area contributed by atoms with Gasteiger partial charge in [-0.05, 0) is 50.5 Å². The Bertz CT molecular complexity index is 249. The van der Waals surface area contributed by atoms with E-state index in [1.54, 1.807) is 0 Å². The minimum absolute atomic E-state index is 0.330. The monoisotopic (exact) mass is 269 g/mol. The Labute approximate surface area is 118 Å². The molecule has 0 spiro atoms. The van der Waals surface area contributed by atoms with Gasteiger partial charge in [0.15, 0.2) is 0 Å².